The number of pyridine rings is 1. The zero-order valence-electron chi connectivity index (χ0n) is 17.3. The third-order valence-electron chi connectivity index (χ3n) is 4.64. The smallest absolute Gasteiger partial charge is 0.225 e. The van der Waals surface area contributed by atoms with E-state index in [0.717, 1.165) is 49.9 Å². The van der Waals surface area contributed by atoms with Gasteiger partial charge in [0.25, 0.3) is 0 Å². The molecule has 1 aromatic rings. The van der Waals surface area contributed by atoms with Crippen LogP contribution in [0.4, 0.5) is 5.82 Å². The minimum absolute atomic E-state index is 0.0684. The molecule has 2 heterocycles. The maximum absolute atomic E-state index is 12.1. The molecule has 1 aromatic heterocycles. The molecule has 2 rings (SSSR count). The average molecular weight is 375 g/mol. The number of hydrogen-bond donors (Lipinski definition) is 2. The highest BCUT2D eigenvalue weighted by Crippen LogP contribution is 2.13. The van der Waals surface area contributed by atoms with E-state index in [-0.39, 0.29) is 11.8 Å². The van der Waals surface area contributed by atoms with E-state index in [1.54, 1.807) is 0 Å². The van der Waals surface area contributed by atoms with Crippen LogP contribution >= 0.6 is 0 Å². The van der Waals surface area contributed by atoms with Gasteiger partial charge in [-0.3, -0.25) is 4.79 Å². The molecule has 1 saturated heterocycles. The second-order valence-electron chi connectivity index (χ2n) is 7.48. The second kappa shape index (κ2) is 10.1. The van der Waals surface area contributed by atoms with Crippen molar-refractivity contribution in [2.24, 2.45) is 10.9 Å². The Morgan fingerprint density at radius 1 is 1.33 bits per heavy atom. The zero-order valence-corrected chi connectivity index (χ0v) is 17.3. The summed E-state index contributed by atoms with van der Waals surface area (Å²) in [6.45, 7) is 8.93. The third-order valence-corrected chi connectivity index (χ3v) is 4.64. The average Bonchev–Trinajstić information content (AvgIpc) is 2.66. The number of hydrogen-bond acceptors (Lipinski definition) is 4. The lowest BCUT2D eigenvalue weighted by Gasteiger charge is -2.34. The SMILES string of the molecule is CCNC(=NCc1cccc(N(C)C)n1)NC1CCN(C(=O)C(C)C)CC1. The molecule has 0 saturated carbocycles. The summed E-state index contributed by atoms with van der Waals surface area (Å²) in [5.74, 6) is 2.06. The number of aliphatic imine (C=N–C) groups is 1. The topological polar surface area (TPSA) is 72.9 Å². The van der Waals surface area contributed by atoms with E-state index in [4.69, 9.17) is 4.99 Å². The zero-order chi connectivity index (χ0) is 19.8. The predicted molar refractivity (Wildman–Crippen MR) is 111 cm³/mol. The van der Waals surface area contributed by atoms with E-state index in [1.807, 2.05) is 55.9 Å². The first-order valence-electron chi connectivity index (χ1n) is 9.87. The number of nitrogens with zero attached hydrogens (tertiary/aromatic N) is 4. The van der Waals surface area contributed by atoms with Crippen LogP contribution in [0, 0.1) is 5.92 Å². The van der Waals surface area contributed by atoms with Gasteiger partial charge in [0.1, 0.15) is 5.82 Å². The number of aromatic nitrogens is 1. The minimum atomic E-state index is 0.0684. The molecule has 0 atom stereocenters. The maximum Gasteiger partial charge on any atom is 0.225 e. The molecular weight excluding hydrogens is 340 g/mol. The molecule has 0 aliphatic carbocycles. The summed E-state index contributed by atoms with van der Waals surface area (Å²) in [6.07, 6.45) is 1.88. The van der Waals surface area contributed by atoms with Crippen molar-refractivity contribution in [3.63, 3.8) is 0 Å². The van der Waals surface area contributed by atoms with Crippen molar-refractivity contribution in [2.75, 3.05) is 38.6 Å². The van der Waals surface area contributed by atoms with Gasteiger partial charge in [0.15, 0.2) is 5.96 Å². The molecule has 1 amide bonds. The van der Waals surface area contributed by atoms with Gasteiger partial charge in [-0.2, -0.15) is 0 Å². The van der Waals surface area contributed by atoms with Crippen molar-refractivity contribution in [3.05, 3.63) is 23.9 Å². The van der Waals surface area contributed by atoms with Crippen LogP contribution in [0.2, 0.25) is 0 Å². The Hall–Kier alpha value is -2.31. The maximum atomic E-state index is 12.1. The molecule has 150 valence electrons. The largest absolute Gasteiger partial charge is 0.363 e. The van der Waals surface area contributed by atoms with Crippen LogP contribution in [0.3, 0.4) is 0 Å². The lowest BCUT2D eigenvalue weighted by Crippen LogP contribution is -2.50. The van der Waals surface area contributed by atoms with E-state index in [1.165, 1.54) is 0 Å². The van der Waals surface area contributed by atoms with Crippen LogP contribution in [0.1, 0.15) is 39.3 Å². The van der Waals surface area contributed by atoms with Gasteiger partial charge in [-0.1, -0.05) is 19.9 Å². The molecule has 0 spiro atoms. The number of nitrogens with one attached hydrogen (secondary N) is 2. The summed E-state index contributed by atoms with van der Waals surface area (Å²) in [4.78, 5) is 25.4. The number of carbonyl (C=O) groups excluding carboxylic acids is 1. The molecule has 0 radical (unpaired) electrons. The Kier molecular flexibility index (Phi) is 7.88. The molecule has 1 aliphatic rings. The standard InChI is InChI=1S/C20H34N6O/c1-6-21-20(22-14-17-8-7-9-18(23-17)25(4)5)24-16-10-12-26(13-11-16)19(27)15(2)3/h7-9,15-16H,6,10-14H2,1-5H3,(H2,21,22,24). The summed E-state index contributed by atoms with van der Waals surface area (Å²) in [6, 6.07) is 6.33. The summed E-state index contributed by atoms with van der Waals surface area (Å²) >= 11 is 0. The molecule has 2 N–H and O–H groups in total. The monoisotopic (exact) mass is 374 g/mol. The number of anilines is 1. The van der Waals surface area contributed by atoms with Gasteiger partial charge < -0.3 is 20.4 Å². The molecule has 1 aliphatic heterocycles. The van der Waals surface area contributed by atoms with Gasteiger partial charge >= 0.3 is 0 Å². The number of carbonyl (C=O) groups is 1. The first-order chi connectivity index (χ1) is 12.9. The third kappa shape index (κ3) is 6.41. The summed E-state index contributed by atoms with van der Waals surface area (Å²) < 4.78 is 0. The van der Waals surface area contributed by atoms with Gasteiger partial charge in [-0.05, 0) is 31.9 Å². The van der Waals surface area contributed by atoms with Crippen molar-refractivity contribution in [3.8, 4) is 0 Å². The summed E-state index contributed by atoms with van der Waals surface area (Å²) in [7, 11) is 3.97. The summed E-state index contributed by atoms with van der Waals surface area (Å²) in [5.41, 5.74) is 0.941. The highest BCUT2D eigenvalue weighted by molar-refractivity contribution is 5.80. The molecule has 27 heavy (non-hydrogen) atoms. The van der Waals surface area contributed by atoms with Crippen molar-refractivity contribution in [2.45, 2.75) is 46.2 Å². The fraction of sp³-hybridized carbons (Fsp3) is 0.650. The van der Waals surface area contributed by atoms with E-state index in [2.05, 4.69) is 22.5 Å². The number of likely N-dealkylation sites (tertiary alicyclic amines) is 1. The van der Waals surface area contributed by atoms with Crippen LogP contribution < -0.4 is 15.5 Å². The van der Waals surface area contributed by atoms with Crippen LogP contribution in [-0.4, -0.2) is 61.5 Å². The number of amides is 1. The van der Waals surface area contributed by atoms with Crippen LogP contribution in [-0.2, 0) is 11.3 Å². The van der Waals surface area contributed by atoms with E-state index in [9.17, 15) is 4.79 Å². The molecule has 0 aromatic carbocycles. The fourth-order valence-electron chi connectivity index (χ4n) is 3.09. The molecule has 1 fully saturated rings. The molecule has 0 unspecified atom stereocenters. The van der Waals surface area contributed by atoms with Crippen LogP contribution in [0.25, 0.3) is 0 Å². The lowest BCUT2D eigenvalue weighted by atomic mass is 10.0. The van der Waals surface area contributed by atoms with Crippen molar-refractivity contribution < 1.29 is 4.79 Å². The van der Waals surface area contributed by atoms with Crippen LogP contribution in [0.5, 0.6) is 0 Å². The highest BCUT2D eigenvalue weighted by atomic mass is 16.2. The highest BCUT2D eigenvalue weighted by Gasteiger charge is 2.24. The Bertz CT molecular complexity index is 635. The predicted octanol–water partition coefficient (Wildman–Crippen LogP) is 1.85. The van der Waals surface area contributed by atoms with E-state index in [0.29, 0.717) is 12.6 Å². The quantitative estimate of drug-likeness (QED) is 0.587. The fourth-order valence-corrected chi connectivity index (χ4v) is 3.09. The van der Waals surface area contributed by atoms with Crippen molar-refractivity contribution >= 4 is 17.7 Å². The van der Waals surface area contributed by atoms with E-state index < -0.39 is 0 Å². The molecule has 0 bridgehead atoms. The van der Waals surface area contributed by atoms with Crippen LogP contribution in [0.15, 0.2) is 23.2 Å². The lowest BCUT2D eigenvalue weighted by molar-refractivity contribution is -0.135. The van der Waals surface area contributed by atoms with Gasteiger partial charge in [-0.15, -0.1) is 0 Å². The normalized spacial score (nSPS) is 15.8. The Labute approximate surface area is 163 Å². The van der Waals surface area contributed by atoms with Crippen molar-refractivity contribution in [1.29, 1.82) is 0 Å². The number of guanidine groups is 1. The van der Waals surface area contributed by atoms with Gasteiger partial charge in [0, 0.05) is 45.7 Å². The first-order valence-corrected chi connectivity index (χ1v) is 9.87. The Balaban J connectivity index is 1.93. The molecule has 7 nitrogen and oxygen atoms in total. The molecular formula is C20H34N6O. The van der Waals surface area contributed by atoms with Gasteiger partial charge in [0.05, 0.1) is 12.2 Å². The van der Waals surface area contributed by atoms with Gasteiger partial charge in [0.2, 0.25) is 5.91 Å². The summed E-state index contributed by atoms with van der Waals surface area (Å²) in [5, 5.41) is 6.83. The Morgan fingerprint density at radius 2 is 2.04 bits per heavy atom. The van der Waals surface area contributed by atoms with E-state index >= 15 is 0 Å². The number of piperidine rings is 1. The second-order valence-corrected chi connectivity index (χ2v) is 7.48. The van der Waals surface area contributed by atoms with Crippen molar-refractivity contribution in [1.82, 2.24) is 20.5 Å². The van der Waals surface area contributed by atoms with Gasteiger partial charge in [-0.25, -0.2) is 9.98 Å². The Morgan fingerprint density at radius 3 is 2.63 bits per heavy atom. The first kappa shape index (κ1) is 21.0. The minimum Gasteiger partial charge on any atom is -0.363 e. The number of rotatable bonds is 6. The molecule has 7 heteroatoms.